The van der Waals surface area contributed by atoms with Crippen LogP contribution in [0.1, 0.15) is 38.7 Å². The molecule has 0 radical (unpaired) electrons. The number of alkyl halides is 6. The van der Waals surface area contributed by atoms with Gasteiger partial charge in [0.25, 0.3) is 0 Å². The van der Waals surface area contributed by atoms with E-state index in [-0.39, 0.29) is 28.5 Å². The molecule has 0 unspecified atom stereocenters. The van der Waals surface area contributed by atoms with Gasteiger partial charge in [0.1, 0.15) is 17.9 Å². The number of hydrogen-bond acceptors (Lipinski definition) is 6. The summed E-state index contributed by atoms with van der Waals surface area (Å²) in [6.45, 7) is 0.660. The predicted octanol–water partition coefficient (Wildman–Crippen LogP) is 6.41. The zero-order valence-corrected chi connectivity index (χ0v) is 22.7. The molecule has 2 aromatic carbocycles. The lowest BCUT2D eigenvalue weighted by Gasteiger charge is -2.38. The van der Waals surface area contributed by atoms with Crippen molar-refractivity contribution < 1.29 is 50.5 Å². The summed E-state index contributed by atoms with van der Waals surface area (Å²) in [4.78, 5) is 28.6. The molecule has 1 saturated heterocycles. The van der Waals surface area contributed by atoms with Crippen molar-refractivity contribution in [1.29, 1.82) is 0 Å². The Kier molecular flexibility index (Phi) is 7.97. The van der Waals surface area contributed by atoms with Crippen molar-refractivity contribution in [1.82, 2.24) is 19.7 Å². The largest absolute Gasteiger partial charge is 0.488 e. The van der Waals surface area contributed by atoms with Crippen LogP contribution in [0.3, 0.4) is 0 Å². The molecule has 0 spiro atoms. The number of halogens is 6. The quantitative estimate of drug-likeness (QED) is 0.238. The average molecular weight is 621 g/mol. The molecule has 1 fully saturated rings. The molecule has 1 aliphatic rings. The third-order valence-corrected chi connectivity index (χ3v) is 6.96. The molecule has 15 heteroatoms. The molecule has 2 aromatic heterocycles. The van der Waals surface area contributed by atoms with Crippen LogP contribution in [0.4, 0.5) is 31.1 Å². The number of aromatic carboxylic acids is 1. The van der Waals surface area contributed by atoms with Crippen molar-refractivity contribution in [3.63, 3.8) is 0 Å². The van der Waals surface area contributed by atoms with E-state index >= 15 is 0 Å². The third kappa shape index (κ3) is 6.02. The number of methoxy groups -OCH3 is 1. The van der Waals surface area contributed by atoms with Crippen molar-refractivity contribution in [2.45, 2.75) is 24.9 Å². The van der Waals surface area contributed by atoms with Gasteiger partial charge in [-0.2, -0.15) is 31.4 Å². The molecule has 1 amide bonds. The number of carbonyl (C=O) groups is 2. The van der Waals surface area contributed by atoms with Gasteiger partial charge in [0, 0.05) is 24.6 Å². The fraction of sp³-hybridized carbons (Fsp3) is 0.241. The van der Waals surface area contributed by atoms with Gasteiger partial charge in [-0.1, -0.05) is 36.4 Å². The Morgan fingerprint density at radius 3 is 2.25 bits per heavy atom. The fourth-order valence-corrected chi connectivity index (χ4v) is 4.77. The van der Waals surface area contributed by atoms with Gasteiger partial charge in [0.15, 0.2) is 11.5 Å². The summed E-state index contributed by atoms with van der Waals surface area (Å²) in [5, 5.41) is 12.7. The minimum absolute atomic E-state index is 0.0826. The number of likely N-dealkylation sites (tertiary alicyclic amines) is 1. The zero-order valence-electron chi connectivity index (χ0n) is 22.7. The number of carboxylic acid groups (broad SMARTS) is 1. The normalized spacial score (nSPS) is 13.8. The molecule has 1 N–H and O–H groups in total. The van der Waals surface area contributed by atoms with Crippen LogP contribution < -0.4 is 4.74 Å². The second-order valence-electron chi connectivity index (χ2n) is 9.78. The zero-order chi connectivity index (χ0) is 31.8. The lowest BCUT2D eigenvalue weighted by molar-refractivity contribution is -0.143. The molecule has 0 aliphatic carbocycles. The van der Waals surface area contributed by atoms with Crippen LogP contribution >= 0.6 is 0 Å². The first-order valence-electron chi connectivity index (χ1n) is 12.9. The number of benzene rings is 2. The summed E-state index contributed by atoms with van der Waals surface area (Å²) in [7, 11) is 1.29. The Balaban J connectivity index is 1.45. The SMILES string of the molecule is COC(=O)N1CC(c2ccc(COc3c(-c4cccc(-n5ncc(C(=O)O)c5C(F)(F)F)n4)cccc3C(F)(F)F)cc2)C1. The Morgan fingerprint density at radius 2 is 1.64 bits per heavy atom. The molecule has 4 aromatic rings. The van der Waals surface area contributed by atoms with E-state index in [9.17, 15) is 41.0 Å². The van der Waals surface area contributed by atoms with Crippen LogP contribution in [0.2, 0.25) is 0 Å². The van der Waals surface area contributed by atoms with Gasteiger partial charge in [-0.15, -0.1) is 0 Å². The molecule has 3 heterocycles. The molecule has 0 atom stereocenters. The molecule has 1 aliphatic heterocycles. The maximum atomic E-state index is 14.0. The first-order chi connectivity index (χ1) is 20.8. The smallest absolute Gasteiger partial charge is 0.434 e. The number of para-hydroxylation sites is 1. The van der Waals surface area contributed by atoms with E-state index in [0.29, 0.717) is 24.8 Å². The lowest BCUT2D eigenvalue weighted by Crippen LogP contribution is -2.48. The van der Waals surface area contributed by atoms with Crippen molar-refractivity contribution >= 4 is 12.1 Å². The summed E-state index contributed by atoms with van der Waals surface area (Å²) in [6, 6.07) is 13.8. The molecule has 0 saturated carbocycles. The summed E-state index contributed by atoms with van der Waals surface area (Å²) in [5.41, 5.74) is -2.70. The van der Waals surface area contributed by atoms with E-state index in [2.05, 4.69) is 14.8 Å². The minimum atomic E-state index is -5.12. The van der Waals surface area contributed by atoms with Crippen LogP contribution in [0.25, 0.3) is 17.1 Å². The highest BCUT2D eigenvalue weighted by atomic mass is 19.4. The number of rotatable bonds is 7. The Bertz CT molecular complexity index is 1700. The summed E-state index contributed by atoms with van der Waals surface area (Å²) >= 11 is 0. The first-order valence-corrected chi connectivity index (χ1v) is 12.9. The molecule has 230 valence electrons. The first kappa shape index (κ1) is 30.4. The van der Waals surface area contributed by atoms with Crippen molar-refractivity contribution in [2.24, 2.45) is 0 Å². The van der Waals surface area contributed by atoms with Crippen LogP contribution in [0.5, 0.6) is 5.75 Å². The van der Waals surface area contributed by atoms with Gasteiger partial charge < -0.3 is 19.5 Å². The highest BCUT2D eigenvalue weighted by Gasteiger charge is 2.41. The highest BCUT2D eigenvalue weighted by molar-refractivity contribution is 5.89. The standard InChI is InChI=1S/C29H22F6N4O5/c1-43-27(42)38-13-18(14-38)17-10-8-16(9-11-17)15-44-24-19(4-2-5-21(24)28(30,31)32)22-6-3-7-23(37-22)39-25(29(33,34)35)20(12-36-39)26(40)41/h2-12,18H,13-15H2,1H3,(H,40,41). The second-order valence-corrected chi connectivity index (χ2v) is 9.78. The van der Waals surface area contributed by atoms with Gasteiger partial charge in [0.05, 0.1) is 24.6 Å². The Labute approximate surface area is 245 Å². The lowest BCUT2D eigenvalue weighted by atomic mass is 9.91. The van der Waals surface area contributed by atoms with E-state index < -0.39 is 52.8 Å². The monoisotopic (exact) mass is 620 g/mol. The summed E-state index contributed by atoms with van der Waals surface area (Å²) < 4.78 is 94.1. The Hall–Kier alpha value is -5.08. The number of carboxylic acids is 1. The molecular formula is C29H22F6N4O5. The van der Waals surface area contributed by atoms with Gasteiger partial charge in [-0.25, -0.2) is 19.3 Å². The van der Waals surface area contributed by atoms with E-state index in [0.717, 1.165) is 23.8 Å². The van der Waals surface area contributed by atoms with E-state index in [1.165, 1.54) is 30.2 Å². The molecular weight excluding hydrogens is 598 g/mol. The fourth-order valence-electron chi connectivity index (χ4n) is 4.77. The average Bonchev–Trinajstić information content (AvgIpc) is 3.42. The number of pyridine rings is 1. The highest BCUT2D eigenvalue weighted by Crippen LogP contribution is 2.42. The van der Waals surface area contributed by atoms with E-state index in [4.69, 9.17) is 4.74 Å². The van der Waals surface area contributed by atoms with Crippen molar-refractivity contribution in [3.8, 4) is 22.8 Å². The number of ether oxygens (including phenoxy) is 2. The van der Waals surface area contributed by atoms with Crippen molar-refractivity contribution in [3.05, 3.63) is 94.8 Å². The minimum Gasteiger partial charge on any atom is -0.488 e. The second kappa shape index (κ2) is 11.5. The van der Waals surface area contributed by atoms with Crippen LogP contribution in [-0.2, 0) is 23.7 Å². The van der Waals surface area contributed by atoms with Gasteiger partial charge in [-0.3, -0.25) is 0 Å². The number of hydrogen-bond donors (Lipinski definition) is 1. The van der Waals surface area contributed by atoms with Crippen LogP contribution in [0.15, 0.2) is 66.9 Å². The third-order valence-electron chi connectivity index (χ3n) is 6.96. The van der Waals surface area contributed by atoms with Gasteiger partial charge >= 0.3 is 24.4 Å². The topological polar surface area (TPSA) is 107 Å². The summed E-state index contributed by atoms with van der Waals surface area (Å²) in [6.07, 6.45) is -9.88. The number of nitrogens with zero attached hydrogens (tertiary/aromatic N) is 4. The summed E-state index contributed by atoms with van der Waals surface area (Å²) in [5.74, 6) is -2.84. The van der Waals surface area contributed by atoms with E-state index in [1.807, 2.05) is 0 Å². The molecule has 0 bridgehead atoms. The number of amides is 1. The Morgan fingerprint density at radius 1 is 0.955 bits per heavy atom. The number of carbonyl (C=O) groups excluding carboxylic acids is 1. The predicted molar refractivity (Wildman–Crippen MR) is 141 cm³/mol. The maximum Gasteiger partial charge on any atom is 0.434 e. The van der Waals surface area contributed by atoms with Crippen molar-refractivity contribution in [2.75, 3.05) is 20.2 Å². The van der Waals surface area contributed by atoms with Crippen LogP contribution in [-0.4, -0.2) is 57.0 Å². The number of aromatic nitrogens is 3. The van der Waals surface area contributed by atoms with Crippen LogP contribution in [0, 0.1) is 0 Å². The molecule has 44 heavy (non-hydrogen) atoms. The molecule has 5 rings (SSSR count). The van der Waals surface area contributed by atoms with E-state index in [1.54, 1.807) is 24.3 Å². The molecule has 9 nitrogen and oxygen atoms in total. The van der Waals surface area contributed by atoms with Gasteiger partial charge in [-0.05, 0) is 35.4 Å². The van der Waals surface area contributed by atoms with Gasteiger partial charge in [0.2, 0.25) is 0 Å². The maximum absolute atomic E-state index is 14.0.